The molecule has 0 unspecified atom stereocenters. The average Bonchev–Trinajstić information content (AvgIpc) is 3.41. The van der Waals surface area contributed by atoms with Crippen molar-refractivity contribution in [3.63, 3.8) is 0 Å². The summed E-state index contributed by atoms with van der Waals surface area (Å²) in [6, 6.07) is 7.47. The number of benzene rings is 1. The van der Waals surface area contributed by atoms with Gasteiger partial charge >= 0.3 is 0 Å². The molecule has 26 heavy (non-hydrogen) atoms. The number of nitrogens with zero attached hydrogens (tertiary/aromatic N) is 3. The molecule has 2 saturated heterocycles. The third-order valence-corrected chi connectivity index (χ3v) is 5.39. The van der Waals surface area contributed by atoms with Crippen molar-refractivity contribution >= 4 is 28.5 Å². The number of ketones is 1. The number of carbonyl (C=O) groups excluding carboxylic acids is 3. The van der Waals surface area contributed by atoms with Gasteiger partial charge in [0.05, 0.1) is 5.56 Å². The highest BCUT2D eigenvalue weighted by atomic mass is 16.2. The van der Waals surface area contributed by atoms with Crippen LogP contribution in [0.2, 0.25) is 0 Å². The van der Waals surface area contributed by atoms with E-state index < -0.39 is 11.7 Å². The molecular weight excluding hydrogens is 330 g/mol. The van der Waals surface area contributed by atoms with Gasteiger partial charge in [-0.25, -0.2) is 0 Å². The van der Waals surface area contributed by atoms with Gasteiger partial charge in [0.25, 0.3) is 11.7 Å². The van der Waals surface area contributed by atoms with E-state index in [0.717, 1.165) is 49.7 Å². The van der Waals surface area contributed by atoms with Crippen molar-refractivity contribution < 1.29 is 14.4 Å². The highest BCUT2D eigenvalue weighted by molar-refractivity contribution is 6.44. The van der Waals surface area contributed by atoms with Crippen LogP contribution in [0.5, 0.6) is 0 Å². The van der Waals surface area contributed by atoms with Crippen LogP contribution in [0.25, 0.3) is 10.9 Å². The second-order valence-electron chi connectivity index (χ2n) is 7.10. The molecule has 6 heteroatoms. The summed E-state index contributed by atoms with van der Waals surface area (Å²) in [5.74, 6) is -0.847. The van der Waals surface area contributed by atoms with E-state index in [9.17, 15) is 14.4 Å². The Balaban J connectivity index is 1.64. The predicted molar refractivity (Wildman–Crippen MR) is 97.9 cm³/mol. The molecule has 6 nitrogen and oxygen atoms in total. The van der Waals surface area contributed by atoms with Crippen LogP contribution in [0.1, 0.15) is 36.0 Å². The Morgan fingerprint density at radius 1 is 0.846 bits per heavy atom. The van der Waals surface area contributed by atoms with Gasteiger partial charge in [-0.3, -0.25) is 14.4 Å². The summed E-state index contributed by atoms with van der Waals surface area (Å²) in [7, 11) is 0. The van der Waals surface area contributed by atoms with Crippen molar-refractivity contribution in [1.29, 1.82) is 0 Å². The van der Waals surface area contributed by atoms with Crippen molar-refractivity contribution in [2.75, 3.05) is 26.2 Å². The topological polar surface area (TPSA) is 62.6 Å². The fourth-order valence-corrected chi connectivity index (χ4v) is 3.95. The molecule has 136 valence electrons. The van der Waals surface area contributed by atoms with Crippen molar-refractivity contribution in [2.24, 2.45) is 0 Å². The fourth-order valence-electron chi connectivity index (χ4n) is 3.95. The standard InChI is InChI=1S/C20H23N3O3/c24-18(21-9-3-4-10-21)14-23-13-16(15-7-1-2-8-17(15)23)19(25)20(26)22-11-5-6-12-22/h1-2,7-8,13H,3-6,9-12,14H2. The molecule has 2 aliphatic rings. The molecular formula is C20H23N3O3. The van der Waals surface area contributed by atoms with Gasteiger partial charge in [0, 0.05) is 43.3 Å². The molecule has 4 rings (SSSR count). The minimum atomic E-state index is -0.476. The van der Waals surface area contributed by atoms with Crippen LogP contribution >= 0.6 is 0 Å². The summed E-state index contributed by atoms with van der Waals surface area (Å²) in [6.45, 7) is 3.10. The van der Waals surface area contributed by atoms with E-state index in [1.165, 1.54) is 0 Å². The molecule has 2 amide bonds. The Morgan fingerprint density at radius 3 is 2.15 bits per heavy atom. The number of rotatable bonds is 4. The highest BCUT2D eigenvalue weighted by Gasteiger charge is 2.28. The number of aromatic nitrogens is 1. The molecule has 2 aliphatic heterocycles. The number of para-hydroxylation sites is 1. The summed E-state index contributed by atoms with van der Waals surface area (Å²) in [6.07, 6.45) is 5.67. The van der Waals surface area contributed by atoms with Crippen LogP contribution in [0.15, 0.2) is 30.5 Å². The van der Waals surface area contributed by atoms with Gasteiger partial charge in [-0.05, 0) is 31.7 Å². The van der Waals surface area contributed by atoms with E-state index in [2.05, 4.69) is 0 Å². The van der Waals surface area contributed by atoms with Gasteiger partial charge in [-0.15, -0.1) is 0 Å². The van der Waals surface area contributed by atoms with Gasteiger partial charge < -0.3 is 14.4 Å². The number of hydrogen-bond donors (Lipinski definition) is 0. The molecule has 0 bridgehead atoms. The minimum Gasteiger partial charge on any atom is -0.341 e. The van der Waals surface area contributed by atoms with E-state index in [4.69, 9.17) is 0 Å². The number of hydrogen-bond acceptors (Lipinski definition) is 3. The maximum absolute atomic E-state index is 12.8. The summed E-state index contributed by atoms with van der Waals surface area (Å²) < 4.78 is 1.81. The zero-order valence-corrected chi connectivity index (χ0v) is 14.8. The zero-order chi connectivity index (χ0) is 18.1. The van der Waals surface area contributed by atoms with Crippen LogP contribution in [0.4, 0.5) is 0 Å². The Hall–Kier alpha value is -2.63. The molecule has 0 atom stereocenters. The molecule has 3 heterocycles. The summed E-state index contributed by atoms with van der Waals surface area (Å²) in [4.78, 5) is 41.3. The molecule has 0 radical (unpaired) electrons. The number of Topliss-reactive ketones (excluding diaryl/α,β-unsaturated/α-hetero) is 1. The third-order valence-electron chi connectivity index (χ3n) is 5.39. The summed E-state index contributed by atoms with van der Waals surface area (Å²) in [5.41, 5.74) is 1.21. The van der Waals surface area contributed by atoms with Crippen LogP contribution < -0.4 is 0 Å². The fraction of sp³-hybridized carbons (Fsp3) is 0.450. The predicted octanol–water partition coefficient (Wildman–Crippen LogP) is 2.07. The number of fused-ring (bicyclic) bond motifs is 1. The van der Waals surface area contributed by atoms with E-state index in [1.807, 2.05) is 29.2 Å². The molecule has 0 aliphatic carbocycles. The lowest BCUT2D eigenvalue weighted by molar-refractivity contribution is -0.130. The first-order valence-electron chi connectivity index (χ1n) is 9.34. The SMILES string of the molecule is O=C(C(=O)N1CCCC1)c1cn(CC(=O)N2CCCC2)c2ccccc12. The minimum absolute atomic E-state index is 0.0631. The number of amides is 2. The molecule has 0 spiro atoms. The van der Waals surface area contributed by atoms with Crippen molar-refractivity contribution in [1.82, 2.24) is 14.4 Å². The normalized spacial score (nSPS) is 17.2. The second kappa shape index (κ2) is 6.94. The molecule has 1 aromatic carbocycles. The monoisotopic (exact) mass is 353 g/mol. The van der Waals surface area contributed by atoms with Crippen molar-refractivity contribution in [2.45, 2.75) is 32.2 Å². The van der Waals surface area contributed by atoms with E-state index >= 15 is 0 Å². The first-order chi connectivity index (χ1) is 12.6. The van der Waals surface area contributed by atoms with Crippen LogP contribution in [0, 0.1) is 0 Å². The lowest BCUT2D eigenvalue weighted by Crippen LogP contribution is -2.34. The number of likely N-dealkylation sites (tertiary alicyclic amines) is 2. The maximum Gasteiger partial charge on any atom is 0.295 e. The lowest BCUT2D eigenvalue weighted by Gasteiger charge is -2.16. The Labute approximate surface area is 152 Å². The Bertz CT molecular complexity index is 858. The van der Waals surface area contributed by atoms with Crippen molar-refractivity contribution in [3.05, 3.63) is 36.0 Å². The second-order valence-corrected chi connectivity index (χ2v) is 7.10. The van der Waals surface area contributed by atoms with E-state index in [0.29, 0.717) is 18.7 Å². The van der Waals surface area contributed by atoms with Gasteiger partial charge in [0.15, 0.2) is 0 Å². The van der Waals surface area contributed by atoms with Crippen molar-refractivity contribution in [3.8, 4) is 0 Å². The van der Waals surface area contributed by atoms with Gasteiger partial charge in [0.1, 0.15) is 6.54 Å². The average molecular weight is 353 g/mol. The van der Waals surface area contributed by atoms with E-state index in [1.54, 1.807) is 15.7 Å². The van der Waals surface area contributed by atoms with E-state index in [-0.39, 0.29) is 12.5 Å². The number of carbonyl (C=O) groups is 3. The molecule has 2 fully saturated rings. The molecule has 0 N–H and O–H groups in total. The van der Waals surface area contributed by atoms with Crippen LogP contribution in [-0.2, 0) is 16.1 Å². The smallest absolute Gasteiger partial charge is 0.295 e. The van der Waals surface area contributed by atoms with Crippen LogP contribution in [-0.4, -0.2) is 58.1 Å². The Morgan fingerprint density at radius 2 is 1.46 bits per heavy atom. The zero-order valence-electron chi connectivity index (χ0n) is 14.8. The lowest BCUT2D eigenvalue weighted by atomic mass is 10.1. The van der Waals surface area contributed by atoms with Gasteiger partial charge in [-0.1, -0.05) is 18.2 Å². The first kappa shape index (κ1) is 16.8. The van der Waals surface area contributed by atoms with Crippen LogP contribution in [0.3, 0.4) is 0 Å². The van der Waals surface area contributed by atoms with Gasteiger partial charge in [-0.2, -0.15) is 0 Å². The molecule has 2 aromatic rings. The Kier molecular flexibility index (Phi) is 4.49. The first-order valence-corrected chi connectivity index (χ1v) is 9.34. The van der Waals surface area contributed by atoms with Gasteiger partial charge in [0.2, 0.25) is 5.91 Å². The quantitative estimate of drug-likeness (QED) is 0.624. The largest absolute Gasteiger partial charge is 0.341 e. The highest BCUT2D eigenvalue weighted by Crippen LogP contribution is 2.23. The summed E-state index contributed by atoms with van der Waals surface area (Å²) >= 11 is 0. The molecule has 1 aromatic heterocycles. The maximum atomic E-state index is 12.8. The third kappa shape index (κ3) is 3.00. The molecule has 0 saturated carbocycles. The summed E-state index contributed by atoms with van der Waals surface area (Å²) in [5, 5.41) is 0.735.